The minimum absolute atomic E-state index is 0.247. The molecule has 2 heteroatoms. The maximum atomic E-state index is 13.5. The number of allylic oxidation sites excluding steroid dienone is 2. The van der Waals surface area contributed by atoms with E-state index in [2.05, 4.69) is 0 Å². The summed E-state index contributed by atoms with van der Waals surface area (Å²) in [5.41, 5.74) is 0.969. The molecule has 0 atom stereocenters. The van der Waals surface area contributed by atoms with E-state index < -0.39 is 0 Å². The lowest BCUT2D eigenvalue weighted by Gasteiger charge is -2.23. The van der Waals surface area contributed by atoms with Gasteiger partial charge >= 0.3 is 0 Å². The highest BCUT2D eigenvalue weighted by Gasteiger charge is 2.20. The Kier molecular flexibility index (Phi) is 3.40. The van der Waals surface area contributed by atoms with Gasteiger partial charge in [-0.05, 0) is 23.1 Å². The molecule has 15 heavy (non-hydrogen) atoms. The molecule has 0 N–H and O–H groups in total. The predicted molar refractivity (Wildman–Crippen MR) is 59.9 cm³/mol. The van der Waals surface area contributed by atoms with Crippen LogP contribution in [0, 0.1) is 11.2 Å². The van der Waals surface area contributed by atoms with Gasteiger partial charge in [-0.2, -0.15) is 0 Å². The fourth-order valence-corrected chi connectivity index (χ4v) is 1.49. The summed E-state index contributed by atoms with van der Waals surface area (Å²) in [4.78, 5) is 10.5. The van der Waals surface area contributed by atoms with Crippen LogP contribution in [0.2, 0.25) is 0 Å². The lowest BCUT2D eigenvalue weighted by Crippen LogP contribution is -2.10. The van der Waals surface area contributed by atoms with E-state index in [1.807, 2.05) is 20.8 Å². The molecule has 0 aliphatic rings. The summed E-state index contributed by atoms with van der Waals surface area (Å²) in [5, 5.41) is 0. The van der Waals surface area contributed by atoms with Gasteiger partial charge in [0.05, 0.1) is 0 Å². The number of rotatable bonds is 2. The maximum absolute atomic E-state index is 13.5. The van der Waals surface area contributed by atoms with E-state index in [0.717, 1.165) is 5.57 Å². The fourth-order valence-electron chi connectivity index (χ4n) is 1.49. The van der Waals surface area contributed by atoms with Crippen LogP contribution in [0.4, 0.5) is 4.39 Å². The third-order valence-electron chi connectivity index (χ3n) is 2.21. The summed E-state index contributed by atoms with van der Waals surface area (Å²) in [6.45, 7) is 5.86. The molecule has 1 rings (SSSR count). The smallest absolute Gasteiger partial charge is 0.143 e. The van der Waals surface area contributed by atoms with Crippen molar-refractivity contribution in [1.29, 1.82) is 0 Å². The van der Waals surface area contributed by atoms with Crippen LogP contribution >= 0.6 is 0 Å². The number of hydrogen-bond acceptors (Lipinski definition) is 1. The van der Waals surface area contributed by atoms with Crippen molar-refractivity contribution in [1.82, 2.24) is 0 Å². The predicted octanol–water partition coefficient (Wildman–Crippen LogP) is 3.45. The van der Waals surface area contributed by atoms with Crippen LogP contribution in [0.25, 0.3) is 5.57 Å². The number of hydrogen-bond donors (Lipinski definition) is 0. The van der Waals surface area contributed by atoms with Crippen LogP contribution in [-0.2, 0) is 4.79 Å². The summed E-state index contributed by atoms with van der Waals surface area (Å²) < 4.78 is 13.5. The first-order chi connectivity index (χ1) is 6.96. The molecule has 1 aromatic carbocycles. The molecule has 0 aromatic heterocycles. The second-order valence-corrected chi connectivity index (χ2v) is 4.45. The van der Waals surface area contributed by atoms with Crippen LogP contribution in [-0.4, -0.2) is 6.29 Å². The van der Waals surface area contributed by atoms with Gasteiger partial charge in [0.1, 0.15) is 12.1 Å². The van der Waals surface area contributed by atoms with Gasteiger partial charge in [0.15, 0.2) is 0 Å². The molecule has 0 unspecified atom stereocenters. The second-order valence-electron chi connectivity index (χ2n) is 4.45. The Morgan fingerprint density at radius 3 is 2.33 bits per heavy atom. The molecule has 1 nitrogen and oxygen atoms in total. The standard InChI is InChI=1S/C13H15FO/c1-13(2,3)11(8-9-15)10-6-4-5-7-12(10)14/h4-9H,1-3H3/b11-8+. The SMILES string of the molecule is CC(C)(C)/C(=C/C=O)c1ccccc1F. The Bertz CT molecular complexity index is 386. The Labute approximate surface area is 89.6 Å². The number of aldehydes is 1. The van der Waals surface area contributed by atoms with Crippen molar-refractivity contribution in [2.45, 2.75) is 20.8 Å². The van der Waals surface area contributed by atoms with E-state index in [1.54, 1.807) is 18.2 Å². The molecular formula is C13H15FO. The zero-order valence-electron chi connectivity index (χ0n) is 9.25. The molecule has 0 spiro atoms. The van der Waals surface area contributed by atoms with Crippen molar-refractivity contribution >= 4 is 11.9 Å². The first-order valence-corrected chi connectivity index (χ1v) is 4.87. The van der Waals surface area contributed by atoms with Gasteiger partial charge in [0.25, 0.3) is 0 Å². The molecule has 1 aromatic rings. The van der Waals surface area contributed by atoms with E-state index in [1.165, 1.54) is 12.1 Å². The first kappa shape index (κ1) is 11.6. The topological polar surface area (TPSA) is 17.1 Å². The van der Waals surface area contributed by atoms with Gasteiger partial charge in [-0.3, -0.25) is 4.79 Å². The minimum Gasteiger partial charge on any atom is -0.299 e. The Hall–Kier alpha value is -1.44. The second kappa shape index (κ2) is 4.39. The normalized spacial score (nSPS) is 12.7. The Morgan fingerprint density at radius 1 is 1.27 bits per heavy atom. The van der Waals surface area contributed by atoms with E-state index in [0.29, 0.717) is 11.8 Å². The molecule has 80 valence electrons. The van der Waals surface area contributed by atoms with Crippen LogP contribution in [0.5, 0.6) is 0 Å². The monoisotopic (exact) mass is 206 g/mol. The van der Waals surface area contributed by atoms with Gasteiger partial charge in [-0.25, -0.2) is 4.39 Å². The zero-order chi connectivity index (χ0) is 11.5. The van der Waals surface area contributed by atoms with Gasteiger partial charge in [0.2, 0.25) is 0 Å². The average Bonchev–Trinajstić information content (AvgIpc) is 2.14. The highest BCUT2D eigenvalue weighted by Crippen LogP contribution is 2.34. The van der Waals surface area contributed by atoms with Crippen LogP contribution in [0.1, 0.15) is 26.3 Å². The van der Waals surface area contributed by atoms with Crippen molar-refractivity contribution < 1.29 is 9.18 Å². The highest BCUT2D eigenvalue weighted by atomic mass is 19.1. The third-order valence-corrected chi connectivity index (χ3v) is 2.21. The van der Waals surface area contributed by atoms with Crippen LogP contribution in [0.15, 0.2) is 30.3 Å². The van der Waals surface area contributed by atoms with Gasteiger partial charge < -0.3 is 0 Å². The lowest BCUT2D eigenvalue weighted by atomic mass is 9.82. The Morgan fingerprint density at radius 2 is 1.87 bits per heavy atom. The quantitative estimate of drug-likeness (QED) is 0.535. The summed E-state index contributed by atoms with van der Waals surface area (Å²) in [6.07, 6.45) is 2.13. The van der Waals surface area contributed by atoms with Gasteiger partial charge in [-0.15, -0.1) is 0 Å². The molecule has 0 aliphatic carbocycles. The molecular weight excluding hydrogens is 191 g/mol. The number of benzene rings is 1. The Balaban J connectivity index is 3.29. The van der Waals surface area contributed by atoms with Crippen molar-refractivity contribution in [2.24, 2.45) is 5.41 Å². The van der Waals surface area contributed by atoms with Crippen LogP contribution < -0.4 is 0 Å². The summed E-state index contributed by atoms with van der Waals surface area (Å²) in [6, 6.07) is 6.50. The van der Waals surface area contributed by atoms with E-state index in [9.17, 15) is 9.18 Å². The molecule has 0 fully saturated rings. The third kappa shape index (κ3) is 2.75. The summed E-state index contributed by atoms with van der Waals surface area (Å²) in [7, 11) is 0. The molecule has 0 bridgehead atoms. The van der Waals surface area contributed by atoms with Crippen molar-refractivity contribution in [2.75, 3.05) is 0 Å². The van der Waals surface area contributed by atoms with Crippen molar-refractivity contribution in [3.63, 3.8) is 0 Å². The van der Waals surface area contributed by atoms with E-state index >= 15 is 0 Å². The largest absolute Gasteiger partial charge is 0.299 e. The van der Waals surface area contributed by atoms with Gasteiger partial charge in [-0.1, -0.05) is 39.0 Å². The van der Waals surface area contributed by atoms with E-state index in [-0.39, 0.29) is 11.2 Å². The maximum Gasteiger partial charge on any atom is 0.143 e. The van der Waals surface area contributed by atoms with Crippen molar-refractivity contribution in [3.05, 3.63) is 41.7 Å². The number of carbonyl (C=O) groups excluding carboxylic acids is 1. The molecule has 0 radical (unpaired) electrons. The lowest BCUT2D eigenvalue weighted by molar-refractivity contribution is -0.104. The summed E-state index contributed by atoms with van der Waals surface area (Å²) >= 11 is 0. The molecule has 0 saturated carbocycles. The van der Waals surface area contributed by atoms with Crippen molar-refractivity contribution in [3.8, 4) is 0 Å². The molecule has 0 amide bonds. The summed E-state index contributed by atoms with van der Waals surface area (Å²) in [5.74, 6) is -0.291. The number of carbonyl (C=O) groups is 1. The first-order valence-electron chi connectivity index (χ1n) is 4.87. The van der Waals surface area contributed by atoms with E-state index in [4.69, 9.17) is 0 Å². The number of halogens is 1. The fraction of sp³-hybridized carbons (Fsp3) is 0.308. The highest BCUT2D eigenvalue weighted by molar-refractivity contribution is 5.83. The van der Waals surface area contributed by atoms with Gasteiger partial charge in [0, 0.05) is 5.56 Å². The van der Waals surface area contributed by atoms with Crippen LogP contribution in [0.3, 0.4) is 0 Å². The molecule has 0 saturated heterocycles. The minimum atomic E-state index is -0.291. The zero-order valence-corrected chi connectivity index (χ0v) is 9.25. The molecule has 0 heterocycles. The molecule has 0 aliphatic heterocycles. The average molecular weight is 206 g/mol.